The van der Waals surface area contributed by atoms with E-state index in [1.807, 2.05) is 6.92 Å². The molecule has 1 atom stereocenters. The fourth-order valence-corrected chi connectivity index (χ4v) is 2.70. The van der Waals surface area contributed by atoms with Gasteiger partial charge in [-0.25, -0.2) is 4.39 Å². The highest BCUT2D eigenvalue weighted by atomic mass is 35.5. The number of halogens is 2. The number of carbonyl (C=O) groups excluding carboxylic acids is 1. The van der Waals surface area contributed by atoms with Crippen molar-refractivity contribution in [3.05, 3.63) is 35.6 Å². The van der Waals surface area contributed by atoms with Crippen LogP contribution in [-0.2, 0) is 10.3 Å². The zero-order valence-corrected chi connectivity index (χ0v) is 12.5. The maximum Gasteiger partial charge on any atom is 0.224 e. The van der Waals surface area contributed by atoms with Crippen LogP contribution in [0.15, 0.2) is 24.3 Å². The molecular weight excluding hydrogens is 279 g/mol. The van der Waals surface area contributed by atoms with Gasteiger partial charge in [0.2, 0.25) is 5.91 Å². The van der Waals surface area contributed by atoms with Crippen LogP contribution in [0.25, 0.3) is 0 Å². The van der Waals surface area contributed by atoms with Crippen molar-refractivity contribution in [1.29, 1.82) is 0 Å². The van der Waals surface area contributed by atoms with Crippen molar-refractivity contribution in [3.63, 3.8) is 0 Å². The fourth-order valence-electron chi connectivity index (χ4n) is 2.70. The molecule has 0 spiro atoms. The molecule has 1 aliphatic rings. The lowest BCUT2D eigenvalue weighted by atomic mass is 9.87. The minimum atomic E-state index is -0.339. The normalized spacial score (nSPS) is 18.1. The van der Waals surface area contributed by atoms with E-state index in [0.29, 0.717) is 6.54 Å². The van der Waals surface area contributed by atoms with Crippen molar-refractivity contribution < 1.29 is 9.18 Å². The summed E-state index contributed by atoms with van der Waals surface area (Å²) >= 11 is 0. The Balaban J connectivity index is 0.00000200. The van der Waals surface area contributed by atoms with Crippen LogP contribution in [-0.4, -0.2) is 12.5 Å². The highest BCUT2D eigenvalue weighted by Crippen LogP contribution is 2.38. The van der Waals surface area contributed by atoms with Crippen molar-refractivity contribution in [1.82, 2.24) is 5.32 Å². The summed E-state index contributed by atoms with van der Waals surface area (Å²) in [7, 11) is 0. The van der Waals surface area contributed by atoms with Crippen LogP contribution in [0.5, 0.6) is 0 Å². The van der Waals surface area contributed by atoms with Gasteiger partial charge in [0.25, 0.3) is 0 Å². The number of nitrogens with one attached hydrogen (secondary N) is 1. The first kappa shape index (κ1) is 16.9. The largest absolute Gasteiger partial charge is 0.346 e. The van der Waals surface area contributed by atoms with Gasteiger partial charge in [-0.05, 0) is 30.5 Å². The third-order valence-corrected chi connectivity index (χ3v) is 4.02. The third-order valence-electron chi connectivity index (χ3n) is 4.02. The summed E-state index contributed by atoms with van der Waals surface area (Å²) < 4.78 is 13.0. The van der Waals surface area contributed by atoms with Crippen LogP contribution in [0, 0.1) is 11.7 Å². The Hall–Kier alpha value is -1.13. The second-order valence-corrected chi connectivity index (χ2v) is 5.42. The van der Waals surface area contributed by atoms with Crippen molar-refractivity contribution in [3.8, 4) is 0 Å². The van der Waals surface area contributed by atoms with Gasteiger partial charge in [-0.15, -0.1) is 12.4 Å². The lowest BCUT2D eigenvalue weighted by Gasteiger charge is -2.32. The number of nitrogens with two attached hydrogens (primary N) is 1. The number of rotatable bonds is 4. The van der Waals surface area contributed by atoms with Crippen molar-refractivity contribution >= 4 is 18.3 Å². The summed E-state index contributed by atoms with van der Waals surface area (Å²) in [5.41, 5.74) is 6.19. The van der Waals surface area contributed by atoms with Crippen molar-refractivity contribution in [2.45, 2.75) is 38.1 Å². The molecule has 3 nitrogen and oxygen atoms in total. The van der Waals surface area contributed by atoms with Crippen LogP contribution >= 0.6 is 12.4 Å². The summed E-state index contributed by atoms with van der Waals surface area (Å²) in [4.78, 5) is 12.1. The van der Waals surface area contributed by atoms with Crippen LogP contribution in [0.4, 0.5) is 4.39 Å². The molecule has 0 aliphatic heterocycles. The first-order valence-electron chi connectivity index (χ1n) is 6.85. The lowest BCUT2D eigenvalue weighted by molar-refractivity contribution is -0.126. The van der Waals surface area contributed by atoms with Gasteiger partial charge in [0.05, 0.1) is 5.54 Å². The van der Waals surface area contributed by atoms with Gasteiger partial charge in [-0.1, -0.05) is 31.9 Å². The van der Waals surface area contributed by atoms with Gasteiger partial charge >= 0.3 is 0 Å². The number of hydrogen-bond donors (Lipinski definition) is 2. The standard InChI is InChI=1S/C15H21FN2O.ClH/c1-11(10-17)14(19)18-15(8-2-3-9-15)12-4-6-13(16)7-5-12;/h4-7,11H,2-3,8-10,17H2,1H3,(H,18,19);1H. The zero-order valence-electron chi connectivity index (χ0n) is 11.7. The van der Waals surface area contributed by atoms with E-state index in [1.54, 1.807) is 12.1 Å². The Labute approximate surface area is 125 Å². The van der Waals surface area contributed by atoms with E-state index in [-0.39, 0.29) is 35.6 Å². The molecule has 1 amide bonds. The predicted octanol–water partition coefficient (Wildman–Crippen LogP) is 2.73. The molecular formula is C15H22ClFN2O. The van der Waals surface area contributed by atoms with Gasteiger partial charge in [-0.3, -0.25) is 4.79 Å². The average molecular weight is 301 g/mol. The predicted molar refractivity (Wildman–Crippen MR) is 80.2 cm³/mol. The summed E-state index contributed by atoms with van der Waals surface area (Å²) in [6, 6.07) is 6.45. The molecule has 1 saturated carbocycles. The van der Waals surface area contributed by atoms with E-state index in [0.717, 1.165) is 31.2 Å². The molecule has 0 bridgehead atoms. The average Bonchev–Trinajstić information content (AvgIpc) is 2.88. The molecule has 1 unspecified atom stereocenters. The highest BCUT2D eigenvalue weighted by molar-refractivity contribution is 5.85. The maximum atomic E-state index is 13.0. The molecule has 112 valence electrons. The second-order valence-electron chi connectivity index (χ2n) is 5.42. The Morgan fingerprint density at radius 2 is 1.90 bits per heavy atom. The maximum absolute atomic E-state index is 13.0. The molecule has 0 aromatic heterocycles. The number of amides is 1. The first-order chi connectivity index (χ1) is 9.07. The Bertz CT molecular complexity index is 444. The SMILES string of the molecule is CC(CN)C(=O)NC1(c2ccc(F)cc2)CCCC1.Cl. The van der Waals surface area contributed by atoms with Gasteiger partial charge in [0.1, 0.15) is 5.82 Å². The van der Waals surface area contributed by atoms with E-state index < -0.39 is 0 Å². The van der Waals surface area contributed by atoms with Gasteiger partial charge in [-0.2, -0.15) is 0 Å². The van der Waals surface area contributed by atoms with Crippen LogP contribution < -0.4 is 11.1 Å². The van der Waals surface area contributed by atoms with E-state index >= 15 is 0 Å². The summed E-state index contributed by atoms with van der Waals surface area (Å²) in [6.45, 7) is 2.16. The van der Waals surface area contributed by atoms with Crippen LogP contribution in [0.3, 0.4) is 0 Å². The minimum Gasteiger partial charge on any atom is -0.346 e. The molecule has 1 aromatic rings. The Morgan fingerprint density at radius 1 is 1.35 bits per heavy atom. The van der Waals surface area contributed by atoms with Crippen LogP contribution in [0.2, 0.25) is 0 Å². The zero-order chi connectivity index (χ0) is 13.9. The molecule has 2 rings (SSSR count). The fraction of sp³-hybridized carbons (Fsp3) is 0.533. The van der Waals surface area contributed by atoms with Gasteiger partial charge in [0, 0.05) is 12.5 Å². The Kier molecular flexibility index (Phi) is 5.96. The van der Waals surface area contributed by atoms with Gasteiger partial charge in [0.15, 0.2) is 0 Å². The van der Waals surface area contributed by atoms with E-state index in [9.17, 15) is 9.18 Å². The summed E-state index contributed by atoms with van der Waals surface area (Å²) in [5, 5.41) is 3.14. The number of carbonyl (C=O) groups is 1. The highest BCUT2D eigenvalue weighted by Gasteiger charge is 2.37. The molecule has 0 saturated heterocycles. The molecule has 1 fully saturated rings. The minimum absolute atomic E-state index is 0. The smallest absolute Gasteiger partial charge is 0.224 e. The van der Waals surface area contributed by atoms with Crippen LogP contribution in [0.1, 0.15) is 38.2 Å². The molecule has 5 heteroatoms. The molecule has 20 heavy (non-hydrogen) atoms. The first-order valence-corrected chi connectivity index (χ1v) is 6.85. The quantitative estimate of drug-likeness (QED) is 0.898. The topological polar surface area (TPSA) is 55.1 Å². The van der Waals surface area contributed by atoms with Gasteiger partial charge < -0.3 is 11.1 Å². The molecule has 1 aromatic carbocycles. The third kappa shape index (κ3) is 3.49. The lowest BCUT2D eigenvalue weighted by Crippen LogP contribution is -2.47. The molecule has 1 aliphatic carbocycles. The van der Waals surface area contributed by atoms with Crippen molar-refractivity contribution in [2.75, 3.05) is 6.54 Å². The van der Waals surface area contributed by atoms with E-state index in [1.165, 1.54) is 12.1 Å². The number of benzene rings is 1. The van der Waals surface area contributed by atoms with Crippen molar-refractivity contribution in [2.24, 2.45) is 11.7 Å². The number of hydrogen-bond acceptors (Lipinski definition) is 2. The van der Waals surface area contributed by atoms with E-state index in [2.05, 4.69) is 5.32 Å². The molecule has 0 heterocycles. The monoisotopic (exact) mass is 300 g/mol. The summed E-state index contributed by atoms with van der Waals surface area (Å²) in [5.74, 6) is -0.467. The summed E-state index contributed by atoms with van der Waals surface area (Å²) in [6.07, 6.45) is 3.96. The second kappa shape index (κ2) is 7.04. The molecule has 0 radical (unpaired) electrons. The van der Waals surface area contributed by atoms with E-state index in [4.69, 9.17) is 5.73 Å². The molecule has 3 N–H and O–H groups in total. The Morgan fingerprint density at radius 3 is 2.40 bits per heavy atom.